The highest BCUT2D eigenvalue weighted by atomic mass is 32.2. The third-order valence-electron chi connectivity index (χ3n) is 2.16. The molecule has 2 atom stereocenters. The fourth-order valence-corrected chi connectivity index (χ4v) is 1.72. The Hall–Kier alpha value is -0.950. The monoisotopic (exact) mass is 278 g/mol. The fourth-order valence-electron chi connectivity index (χ4n) is 1.25. The molecule has 3 N–H and O–H groups in total. The molecular formula is C11H22N2O4S. The average Bonchev–Trinajstić information content (AvgIpc) is 2.31. The summed E-state index contributed by atoms with van der Waals surface area (Å²) >= 11 is 1.54. The van der Waals surface area contributed by atoms with Crippen LogP contribution in [-0.2, 0) is 9.53 Å². The van der Waals surface area contributed by atoms with Crippen LogP contribution in [0, 0.1) is 0 Å². The maximum atomic E-state index is 11.5. The van der Waals surface area contributed by atoms with Crippen LogP contribution in [0.25, 0.3) is 0 Å². The molecule has 0 rings (SSSR count). The summed E-state index contributed by atoms with van der Waals surface area (Å²) in [6.45, 7) is 4.66. The Morgan fingerprint density at radius 3 is 2.56 bits per heavy atom. The number of hydrogen-bond acceptors (Lipinski definition) is 4. The number of carbonyl (C=O) groups is 2. The zero-order chi connectivity index (χ0) is 14.0. The fraction of sp³-hybridized carbons (Fsp3) is 0.818. The number of urea groups is 1. The van der Waals surface area contributed by atoms with Gasteiger partial charge in [0.1, 0.15) is 6.04 Å². The molecule has 6 nitrogen and oxygen atoms in total. The Bertz CT molecular complexity index is 263. The lowest BCUT2D eigenvalue weighted by molar-refractivity contribution is -0.139. The van der Waals surface area contributed by atoms with Gasteiger partial charge in [0.05, 0.1) is 12.6 Å². The summed E-state index contributed by atoms with van der Waals surface area (Å²) in [5.74, 6) is -0.331. The normalized spacial score (nSPS) is 13.7. The third kappa shape index (κ3) is 8.19. The van der Waals surface area contributed by atoms with Crippen molar-refractivity contribution in [2.75, 3.05) is 25.2 Å². The highest BCUT2D eigenvalue weighted by molar-refractivity contribution is 7.98. The van der Waals surface area contributed by atoms with Crippen LogP contribution in [0.5, 0.6) is 0 Å². The number of ether oxygens (including phenoxy) is 1. The number of rotatable bonds is 9. The maximum Gasteiger partial charge on any atom is 0.326 e. The van der Waals surface area contributed by atoms with Gasteiger partial charge in [-0.2, -0.15) is 11.8 Å². The van der Waals surface area contributed by atoms with E-state index in [1.165, 1.54) is 0 Å². The first-order valence-corrected chi connectivity index (χ1v) is 7.27. The largest absolute Gasteiger partial charge is 0.480 e. The Morgan fingerprint density at radius 1 is 1.39 bits per heavy atom. The van der Waals surface area contributed by atoms with Crippen molar-refractivity contribution in [2.24, 2.45) is 0 Å². The lowest BCUT2D eigenvalue weighted by Gasteiger charge is -2.18. The van der Waals surface area contributed by atoms with Gasteiger partial charge in [-0.05, 0) is 32.3 Å². The van der Waals surface area contributed by atoms with E-state index in [9.17, 15) is 9.59 Å². The lowest BCUT2D eigenvalue weighted by Crippen LogP contribution is -2.49. The molecule has 7 heteroatoms. The standard InChI is InChI=1S/C11H22N2O4S/c1-4-17-7-8(2)12-11(16)13-9(10(14)15)5-6-18-3/h8-9H,4-7H2,1-3H3,(H,14,15)(H2,12,13,16)/t8?,9-/m1/s1. The molecule has 0 bridgehead atoms. The minimum atomic E-state index is -1.02. The van der Waals surface area contributed by atoms with Gasteiger partial charge in [0.25, 0.3) is 0 Å². The average molecular weight is 278 g/mol. The number of amides is 2. The van der Waals surface area contributed by atoms with Gasteiger partial charge in [0.15, 0.2) is 0 Å². The molecule has 0 aromatic heterocycles. The number of nitrogens with one attached hydrogen (secondary N) is 2. The van der Waals surface area contributed by atoms with E-state index in [1.807, 2.05) is 13.2 Å². The van der Waals surface area contributed by atoms with Crippen LogP contribution >= 0.6 is 11.8 Å². The van der Waals surface area contributed by atoms with Crippen molar-refractivity contribution in [1.82, 2.24) is 10.6 Å². The predicted octanol–water partition coefficient (Wildman–Crippen LogP) is 0.917. The van der Waals surface area contributed by atoms with E-state index in [-0.39, 0.29) is 6.04 Å². The molecule has 106 valence electrons. The van der Waals surface area contributed by atoms with E-state index in [0.717, 1.165) is 0 Å². The SMILES string of the molecule is CCOCC(C)NC(=O)N[C@H](CCSC)C(=O)O. The predicted molar refractivity (Wildman–Crippen MR) is 72.0 cm³/mol. The second kappa shape index (κ2) is 10.0. The van der Waals surface area contributed by atoms with Gasteiger partial charge in [-0.15, -0.1) is 0 Å². The Kier molecular flexibility index (Phi) is 9.49. The van der Waals surface area contributed by atoms with Crippen LogP contribution in [0.4, 0.5) is 4.79 Å². The highest BCUT2D eigenvalue weighted by Gasteiger charge is 2.19. The zero-order valence-corrected chi connectivity index (χ0v) is 11.9. The molecule has 0 spiro atoms. The Balaban J connectivity index is 4.04. The molecule has 0 aliphatic rings. The van der Waals surface area contributed by atoms with Crippen LogP contribution in [0.2, 0.25) is 0 Å². The van der Waals surface area contributed by atoms with E-state index in [2.05, 4.69) is 10.6 Å². The summed E-state index contributed by atoms with van der Waals surface area (Å²) in [6.07, 6.45) is 2.30. The third-order valence-corrected chi connectivity index (χ3v) is 2.81. The van der Waals surface area contributed by atoms with Crippen LogP contribution in [0.15, 0.2) is 0 Å². The van der Waals surface area contributed by atoms with Crippen molar-refractivity contribution in [3.05, 3.63) is 0 Å². The number of thioether (sulfide) groups is 1. The molecule has 0 radical (unpaired) electrons. The van der Waals surface area contributed by atoms with Gasteiger partial charge in [-0.3, -0.25) is 0 Å². The van der Waals surface area contributed by atoms with E-state index in [1.54, 1.807) is 18.7 Å². The first kappa shape index (κ1) is 17.1. The summed E-state index contributed by atoms with van der Waals surface area (Å²) < 4.78 is 5.15. The summed E-state index contributed by atoms with van der Waals surface area (Å²) in [5, 5.41) is 14.0. The molecular weight excluding hydrogens is 256 g/mol. The molecule has 0 saturated carbocycles. The van der Waals surface area contributed by atoms with Crippen LogP contribution < -0.4 is 10.6 Å². The van der Waals surface area contributed by atoms with E-state index >= 15 is 0 Å². The van der Waals surface area contributed by atoms with E-state index in [0.29, 0.717) is 25.4 Å². The van der Waals surface area contributed by atoms with Crippen LogP contribution in [-0.4, -0.2) is 54.4 Å². The molecule has 2 amide bonds. The molecule has 0 aliphatic heterocycles. The van der Waals surface area contributed by atoms with Gasteiger partial charge >= 0.3 is 12.0 Å². The second-order valence-corrected chi connectivity index (χ2v) is 4.84. The molecule has 1 unspecified atom stereocenters. The summed E-state index contributed by atoms with van der Waals surface area (Å²) in [7, 11) is 0. The van der Waals surface area contributed by atoms with E-state index in [4.69, 9.17) is 9.84 Å². The van der Waals surface area contributed by atoms with Gasteiger partial charge in [-0.1, -0.05) is 0 Å². The van der Waals surface area contributed by atoms with Crippen molar-refractivity contribution in [1.29, 1.82) is 0 Å². The minimum absolute atomic E-state index is 0.153. The molecule has 18 heavy (non-hydrogen) atoms. The molecule has 0 heterocycles. The highest BCUT2D eigenvalue weighted by Crippen LogP contribution is 2.01. The van der Waals surface area contributed by atoms with Crippen molar-refractivity contribution in [3.8, 4) is 0 Å². The number of hydrogen-bond donors (Lipinski definition) is 3. The summed E-state index contributed by atoms with van der Waals surface area (Å²) in [5.41, 5.74) is 0. The minimum Gasteiger partial charge on any atom is -0.480 e. The summed E-state index contributed by atoms with van der Waals surface area (Å²) in [4.78, 5) is 22.5. The summed E-state index contributed by atoms with van der Waals surface area (Å²) in [6, 6.07) is -1.48. The number of aliphatic carboxylic acids is 1. The van der Waals surface area contributed by atoms with Gasteiger partial charge < -0.3 is 20.5 Å². The van der Waals surface area contributed by atoms with Gasteiger partial charge in [-0.25, -0.2) is 9.59 Å². The second-order valence-electron chi connectivity index (χ2n) is 3.85. The molecule has 0 saturated heterocycles. The van der Waals surface area contributed by atoms with Crippen molar-refractivity contribution in [3.63, 3.8) is 0 Å². The molecule has 0 aromatic rings. The van der Waals surface area contributed by atoms with Crippen molar-refractivity contribution >= 4 is 23.8 Å². The Morgan fingerprint density at radius 2 is 2.06 bits per heavy atom. The van der Waals surface area contributed by atoms with Crippen molar-refractivity contribution < 1.29 is 19.4 Å². The number of carbonyl (C=O) groups excluding carboxylic acids is 1. The van der Waals surface area contributed by atoms with E-state index < -0.39 is 18.0 Å². The van der Waals surface area contributed by atoms with Crippen LogP contribution in [0.3, 0.4) is 0 Å². The van der Waals surface area contributed by atoms with Gasteiger partial charge in [0, 0.05) is 6.61 Å². The number of carboxylic acid groups (broad SMARTS) is 1. The molecule has 0 aliphatic carbocycles. The first-order valence-electron chi connectivity index (χ1n) is 5.87. The quantitative estimate of drug-likeness (QED) is 0.583. The van der Waals surface area contributed by atoms with Gasteiger partial charge in [0.2, 0.25) is 0 Å². The Labute approximate surface area is 112 Å². The first-order chi connectivity index (χ1) is 8.51. The van der Waals surface area contributed by atoms with Crippen LogP contribution in [0.1, 0.15) is 20.3 Å². The number of carboxylic acids is 1. The maximum absolute atomic E-state index is 11.5. The smallest absolute Gasteiger partial charge is 0.326 e. The molecule has 0 fully saturated rings. The zero-order valence-electron chi connectivity index (χ0n) is 11.1. The molecule has 0 aromatic carbocycles. The van der Waals surface area contributed by atoms with Crippen molar-refractivity contribution in [2.45, 2.75) is 32.4 Å². The topological polar surface area (TPSA) is 87.7 Å². The lowest BCUT2D eigenvalue weighted by atomic mass is 10.2.